The first-order valence-corrected chi connectivity index (χ1v) is 12.6. The summed E-state index contributed by atoms with van der Waals surface area (Å²) in [4.78, 5) is 0. The molecule has 0 fully saturated rings. The highest BCUT2D eigenvalue weighted by molar-refractivity contribution is 5.89. The molecule has 0 N–H and O–H groups in total. The number of aryl methyl sites for hydroxylation is 3. The molecule has 0 aliphatic heterocycles. The van der Waals surface area contributed by atoms with Gasteiger partial charge < -0.3 is 9.13 Å². The molecule has 2 aromatic heterocycles. The minimum absolute atomic E-state index is 1.18. The van der Waals surface area contributed by atoms with E-state index < -0.39 is 0 Å². The molecule has 2 aliphatic rings. The highest BCUT2D eigenvalue weighted by atomic mass is 15.0. The third kappa shape index (κ3) is 2.86. The van der Waals surface area contributed by atoms with Gasteiger partial charge in [0.25, 0.3) is 0 Å². The molecule has 33 heavy (non-hydrogen) atoms. The van der Waals surface area contributed by atoms with Crippen molar-refractivity contribution in [3.63, 3.8) is 0 Å². The van der Waals surface area contributed by atoms with Crippen LogP contribution in [0.3, 0.4) is 0 Å². The molecular weight excluding hydrogens is 400 g/mol. The summed E-state index contributed by atoms with van der Waals surface area (Å²) in [6, 6.07) is 25.2. The van der Waals surface area contributed by atoms with Gasteiger partial charge in [0.05, 0.1) is 11.0 Å². The van der Waals surface area contributed by atoms with Gasteiger partial charge in [-0.1, -0.05) is 36.4 Å². The number of fused-ring (bicyclic) bond motifs is 6. The molecule has 0 bridgehead atoms. The summed E-state index contributed by atoms with van der Waals surface area (Å²) in [5, 5.41) is 2.89. The summed E-state index contributed by atoms with van der Waals surface area (Å²) < 4.78 is 5.14. The third-order valence-electron chi connectivity index (χ3n) is 7.92. The van der Waals surface area contributed by atoms with Crippen molar-refractivity contribution in [3.8, 4) is 11.4 Å². The molecule has 2 heterocycles. The molecule has 5 aromatic rings. The van der Waals surface area contributed by atoms with Crippen molar-refractivity contribution in [2.45, 2.75) is 58.3 Å². The molecule has 0 atom stereocenters. The fourth-order valence-corrected chi connectivity index (χ4v) is 6.58. The highest BCUT2D eigenvalue weighted by Crippen LogP contribution is 2.38. The first kappa shape index (κ1) is 19.2. The van der Waals surface area contributed by atoms with Gasteiger partial charge in [-0.25, -0.2) is 0 Å². The summed E-state index contributed by atoms with van der Waals surface area (Å²) in [6.45, 7) is 2.25. The quantitative estimate of drug-likeness (QED) is 0.272. The predicted molar refractivity (Wildman–Crippen MR) is 138 cm³/mol. The molecule has 2 aliphatic carbocycles. The van der Waals surface area contributed by atoms with Crippen molar-refractivity contribution in [1.29, 1.82) is 0 Å². The first-order valence-electron chi connectivity index (χ1n) is 12.6. The van der Waals surface area contributed by atoms with Crippen LogP contribution in [0.5, 0.6) is 0 Å². The Balaban J connectivity index is 1.51. The standard InChI is InChI=1S/C31H30N2/c1-21-18-22(32-28-14-6-2-10-24(28)25-11-3-7-15-29(25)32)20-23(19-21)33-30-16-8-4-12-26(30)27-13-5-9-17-31(27)33/h2,4,6,8,10,12,14,16,18-20H,3,5,7,9,11,13,15,17H2,1H3. The van der Waals surface area contributed by atoms with E-state index in [4.69, 9.17) is 0 Å². The molecule has 0 unspecified atom stereocenters. The van der Waals surface area contributed by atoms with Crippen LogP contribution in [0.25, 0.3) is 33.2 Å². The van der Waals surface area contributed by atoms with Gasteiger partial charge in [0.1, 0.15) is 0 Å². The van der Waals surface area contributed by atoms with Gasteiger partial charge in [-0.2, -0.15) is 0 Å². The summed E-state index contributed by atoms with van der Waals surface area (Å²) in [6.07, 6.45) is 9.96. The Bertz CT molecular complexity index is 1420. The molecule has 0 spiro atoms. The maximum absolute atomic E-state index is 2.57. The summed E-state index contributed by atoms with van der Waals surface area (Å²) in [5.74, 6) is 0. The Hall–Kier alpha value is -3.26. The average Bonchev–Trinajstić information content (AvgIpc) is 3.37. The summed E-state index contributed by atoms with van der Waals surface area (Å²) in [7, 11) is 0. The minimum atomic E-state index is 1.18. The smallest absolute Gasteiger partial charge is 0.0534 e. The SMILES string of the molecule is Cc1cc(-n2c3c(c4ccccc42)CCCC3)cc(-n2c3c(c4ccccc42)CCCC3)c1. The van der Waals surface area contributed by atoms with Crippen LogP contribution in [0, 0.1) is 6.92 Å². The van der Waals surface area contributed by atoms with Crippen LogP contribution in [0.2, 0.25) is 0 Å². The Kier molecular flexibility index (Phi) is 4.30. The van der Waals surface area contributed by atoms with Crippen LogP contribution in [0.4, 0.5) is 0 Å². The number of hydrogen-bond acceptors (Lipinski definition) is 0. The van der Waals surface area contributed by atoms with Crippen LogP contribution in [0.1, 0.15) is 53.8 Å². The minimum Gasteiger partial charge on any atom is -0.313 e. The van der Waals surface area contributed by atoms with Gasteiger partial charge in [-0.05, 0) is 105 Å². The van der Waals surface area contributed by atoms with Crippen LogP contribution in [-0.4, -0.2) is 9.13 Å². The number of nitrogens with zero attached hydrogens (tertiary/aromatic N) is 2. The second-order valence-electron chi connectivity index (χ2n) is 10.00. The van der Waals surface area contributed by atoms with Gasteiger partial charge in [0, 0.05) is 33.5 Å². The van der Waals surface area contributed by atoms with Gasteiger partial charge >= 0.3 is 0 Å². The van der Waals surface area contributed by atoms with Crippen molar-refractivity contribution < 1.29 is 0 Å². The van der Waals surface area contributed by atoms with E-state index in [9.17, 15) is 0 Å². The van der Waals surface area contributed by atoms with Crippen molar-refractivity contribution in [2.75, 3.05) is 0 Å². The van der Waals surface area contributed by atoms with E-state index in [1.807, 2.05) is 0 Å². The molecule has 164 valence electrons. The Morgan fingerprint density at radius 1 is 0.545 bits per heavy atom. The fourth-order valence-electron chi connectivity index (χ4n) is 6.58. The molecule has 3 aromatic carbocycles. The maximum Gasteiger partial charge on any atom is 0.0534 e. The molecule has 0 saturated carbocycles. The third-order valence-corrected chi connectivity index (χ3v) is 7.92. The zero-order valence-corrected chi connectivity index (χ0v) is 19.4. The molecule has 2 nitrogen and oxygen atoms in total. The number of benzene rings is 3. The van der Waals surface area contributed by atoms with Crippen molar-refractivity contribution in [3.05, 3.63) is 94.8 Å². The van der Waals surface area contributed by atoms with Gasteiger partial charge in [0.15, 0.2) is 0 Å². The van der Waals surface area contributed by atoms with Crippen molar-refractivity contribution in [1.82, 2.24) is 9.13 Å². The summed E-state index contributed by atoms with van der Waals surface area (Å²) in [5.41, 5.74) is 12.9. The Morgan fingerprint density at radius 3 is 1.52 bits per heavy atom. The average molecular weight is 431 g/mol. The first-order chi connectivity index (χ1) is 16.3. The van der Waals surface area contributed by atoms with E-state index in [0.29, 0.717) is 0 Å². The largest absolute Gasteiger partial charge is 0.313 e. The maximum atomic E-state index is 2.57. The van der Waals surface area contributed by atoms with Gasteiger partial charge in [0.2, 0.25) is 0 Å². The van der Waals surface area contributed by atoms with Crippen molar-refractivity contribution >= 4 is 21.8 Å². The van der Waals surface area contributed by atoms with Crippen LogP contribution < -0.4 is 0 Å². The second kappa shape index (κ2) is 7.38. The van der Waals surface area contributed by atoms with Crippen LogP contribution in [0.15, 0.2) is 66.7 Å². The number of para-hydroxylation sites is 2. The summed E-state index contributed by atoms with van der Waals surface area (Å²) >= 11 is 0. The van der Waals surface area contributed by atoms with Crippen LogP contribution in [-0.2, 0) is 25.7 Å². The van der Waals surface area contributed by atoms with E-state index in [1.165, 1.54) is 101 Å². The van der Waals surface area contributed by atoms with E-state index in [2.05, 4.69) is 82.8 Å². The number of aromatic nitrogens is 2. The lowest BCUT2D eigenvalue weighted by Gasteiger charge is -2.20. The van der Waals surface area contributed by atoms with Gasteiger partial charge in [-0.15, -0.1) is 0 Å². The zero-order valence-electron chi connectivity index (χ0n) is 19.4. The Labute approximate surface area is 195 Å². The molecule has 2 heteroatoms. The second-order valence-corrected chi connectivity index (χ2v) is 10.00. The van der Waals surface area contributed by atoms with Gasteiger partial charge in [-0.3, -0.25) is 0 Å². The molecular formula is C31H30N2. The van der Waals surface area contributed by atoms with E-state index >= 15 is 0 Å². The van der Waals surface area contributed by atoms with E-state index in [0.717, 1.165) is 0 Å². The molecule has 0 radical (unpaired) electrons. The number of rotatable bonds is 2. The topological polar surface area (TPSA) is 9.86 Å². The molecule has 0 amide bonds. The highest BCUT2D eigenvalue weighted by Gasteiger charge is 2.23. The Morgan fingerprint density at radius 2 is 1.00 bits per heavy atom. The predicted octanol–water partition coefficient (Wildman–Crippen LogP) is 7.64. The molecule has 0 saturated heterocycles. The zero-order chi connectivity index (χ0) is 21.9. The van der Waals surface area contributed by atoms with Crippen LogP contribution >= 0.6 is 0 Å². The lowest BCUT2D eigenvalue weighted by Crippen LogP contribution is -2.09. The molecule has 7 rings (SSSR count). The fraction of sp³-hybridized carbons (Fsp3) is 0.290. The van der Waals surface area contributed by atoms with E-state index in [-0.39, 0.29) is 0 Å². The lowest BCUT2D eigenvalue weighted by molar-refractivity contribution is 0.665. The van der Waals surface area contributed by atoms with Crippen molar-refractivity contribution in [2.24, 2.45) is 0 Å². The number of hydrogen-bond donors (Lipinski definition) is 0. The van der Waals surface area contributed by atoms with E-state index in [1.54, 1.807) is 11.1 Å². The lowest BCUT2D eigenvalue weighted by atomic mass is 9.95. The monoisotopic (exact) mass is 430 g/mol. The normalized spacial score (nSPS) is 15.7.